The smallest absolute Gasteiger partial charge is 0.352 e. The molecular formula is C10H15NO3S. The molecule has 2 atom stereocenters. The van der Waals surface area contributed by atoms with Gasteiger partial charge in [-0.1, -0.05) is 0 Å². The number of carboxylic acid groups (broad SMARTS) is 1. The number of nitrogens with zero attached hydrogens (tertiary/aromatic N) is 1. The van der Waals surface area contributed by atoms with Gasteiger partial charge in [0.05, 0.1) is 0 Å². The van der Waals surface area contributed by atoms with E-state index in [1.165, 1.54) is 0 Å². The SMILES string of the molecule is CC(CCS(C)=O)n1cccc1C(=O)O. The maximum Gasteiger partial charge on any atom is 0.352 e. The summed E-state index contributed by atoms with van der Waals surface area (Å²) in [5, 5.41) is 8.90. The van der Waals surface area contributed by atoms with E-state index in [1.54, 1.807) is 29.2 Å². The Balaban J connectivity index is 2.73. The fourth-order valence-electron chi connectivity index (χ4n) is 1.43. The molecule has 5 heteroatoms. The van der Waals surface area contributed by atoms with Crippen LogP contribution in [0.15, 0.2) is 18.3 Å². The molecule has 2 unspecified atom stereocenters. The first-order valence-corrected chi connectivity index (χ1v) is 6.45. The van der Waals surface area contributed by atoms with Crippen molar-refractivity contribution in [2.24, 2.45) is 0 Å². The fraction of sp³-hybridized carbons (Fsp3) is 0.500. The minimum Gasteiger partial charge on any atom is -0.477 e. The summed E-state index contributed by atoms with van der Waals surface area (Å²) in [4.78, 5) is 10.8. The molecule has 1 heterocycles. The highest BCUT2D eigenvalue weighted by molar-refractivity contribution is 7.84. The van der Waals surface area contributed by atoms with Crippen molar-refractivity contribution >= 4 is 16.8 Å². The van der Waals surface area contributed by atoms with Crippen LogP contribution in [-0.4, -0.2) is 31.9 Å². The summed E-state index contributed by atoms with van der Waals surface area (Å²) in [5.41, 5.74) is 0.282. The number of rotatable bonds is 5. The first kappa shape index (κ1) is 12.0. The number of aromatic nitrogens is 1. The minimum atomic E-state index is -0.926. The number of aromatic carboxylic acids is 1. The van der Waals surface area contributed by atoms with Crippen LogP contribution in [0, 0.1) is 0 Å². The van der Waals surface area contributed by atoms with Crippen LogP contribution in [0.2, 0.25) is 0 Å². The lowest BCUT2D eigenvalue weighted by atomic mass is 10.2. The topological polar surface area (TPSA) is 59.3 Å². The average Bonchev–Trinajstić information content (AvgIpc) is 2.62. The van der Waals surface area contributed by atoms with Crippen molar-refractivity contribution in [3.05, 3.63) is 24.0 Å². The summed E-state index contributed by atoms with van der Waals surface area (Å²) in [5.74, 6) is -0.331. The molecule has 0 saturated heterocycles. The molecule has 1 rings (SSSR count). The third kappa shape index (κ3) is 3.20. The summed E-state index contributed by atoms with van der Waals surface area (Å²) in [6, 6.07) is 3.35. The molecule has 1 N–H and O–H groups in total. The lowest BCUT2D eigenvalue weighted by molar-refractivity contribution is 0.0683. The van der Waals surface area contributed by atoms with E-state index < -0.39 is 16.8 Å². The molecule has 0 aliphatic heterocycles. The van der Waals surface area contributed by atoms with Gasteiger partial charge in [0.2, 0.25) is 0 Å². The average molecular weight is 229 g/mol. The Kier molecular flexibility index (Phi) is 4.08. The molecule has 0 amide bonds. The molecular weight excluding hydrogens is 214 g/mol. The van der Waals surface area contributed by atoms with E-state index in [9.17, 15) is 9.00 Å². The predicted molar refractivity (Wildman–Crippen MR) is 59.7 cm³/mol. The highest BCUT2D eigenvalue weighted by atomic mass is 32.2. The summed E-state index contributed by atoms with van der Waals surface area (Å²) in [6.07, 6.45) is 4.12. The molecule has 0 bridgehead atoms. The van der Waals surface area contributed by atoms with E-state index in [-0.39, 0.29) is 11.7 Å². The van der Waals surface area contributed by atoms with Gasteiger partial charge in [-0.25, -0.2) is 4.79 Å². The zero-order valence-electron chi connectivity index (χ0n) is 8.84. The third-order valence-electron chi connectivity index (χ3n) is 2.30. The standard InChI is InChI=1S/C10H15NO3S/c1-8(5-7-15(2)14)11-6-3-4-9(11)10(12)13/h3-4,6,8H,5,7H2,1-2H3,(H,12,13). The van der Waals surface area contributed by atoms with Crippen molar-refractivity contribution in [2.75, 3.05) is 12.0 Å². The van der Waals surface area contributed by atoms with Crippen molar-refractivity contribution in [1.82, 2.24) is 4.57 Å². The quantitative estimate of drug-likeness (QED) is 0.832. The van der Waals surface area contributed by atoms with Gasteiger partial charge in [0.1, 0.15) is 5.69 Å². The predicted octanol–water partition coefficient (Wildman–Crippen LogP) is 1.52. The van der Waals surface area contributed by atoms with Gasteiger partial charge in [-0.05, 0) is 25.5 Å². The molecule has 0 aromatic carbocycles. The number of carboxylic acids is 1. The largest absolute Gasteiger partial charge is 0.477 e. The molecule has 84 valence electrons. The van der Waals surface area contributed by atoms with E-state index in [0.717, 1.165) is 6.42 Å². The number of hydrogen-bond acceptors (Lipinski definition) is 2. The molecule has 4 nitrogen and oxygen atoms in total. The van der Waals surface area contributed by atoms with Crippen LogP contribution in [0.4, 0.5) is 0 Å². The molecule has 0 saturated carbocycles. The van der Waals surface area contributed by atoms with Crippen LogP contribution in [0.3, 0.4) is 0 Å². The molecule has 1 aromatic heterocycles. The van der Waals surface area contributed by atoms with Gasteiger partial charge in [0.15, 0.2) is 0 Å². The van der Waals surface area contributed by atoms with Gasteiger partial charge in [-0.2, -0.15) is 0 Å². The minimum absolute atomic E-state index is 0.0648. The molecule has 1 aromatic rings. The highest BCUT2D eigenvalue weighted by Gasteiger charge is 2.13. The van der Waals surface area contributed by atoms with Crippen LogP contribution in [0.5, 0.6) is 0 Å². The summed E-state index contributed by atoms with van der Waals surface area (Å²) in [6.45, 7) is 1.93. The summed E-state index contributed by atoms with van der Waals surface area (Å²) in [7, 11) is -0.826. The second-order valence-electron chi connectivity index (χ2n) is 3.52. The first-order valence-electron chi connectivity index (χ1n) is 4.72. The van der Waals surface area contributed by atoms with Gasteiger partial charge < -0.3 is 9.67 Å². The summed E-state index contributed by atoms with van der Waals surface area (Å²) >= 11 is 0. The van der Waals surface area contributed by atoms with Gasteiger partial charge in [0, 0.05) is 35.0 Å². The van der Waals surface area contributed by atoms with Gasteiger partial charge in [0.25, 0.3) is 0 Å². The lowest BCUT2D eigenvalue weighted by Gasteiger charge is -2.14. The van der Waals surface area contributed by atoms with Crippen molar-refractivity contribution in [2.45, 2.75) is 19.4 Å². The Morgan fingerprint density at radius 3 is 2.87 bits per heavy atom. The molecule has 0 aliphatic rings. The number of carbonyl (C=O) groups is 1. The maximum atomic E-state index is 10.9. The second-order valence-corrected chi connectivity index (χ2v) is 5.08. The molecule has 0 spiro atoms. The molecule has 0 aliphatic carbocycles. The van der Waals surface area contributed by atoms with Gasteiger partial charge in [-0.3, -0.25) is 4.21 Å². The van der Waals surface area contributed by atoms with Crippen molar-refractivity contribution < 1.29 is 14.1 Å². The zero-order chi connectivity index (χ0) is 11.4. The van der Waals surface area contributed by atoms with Crippen molar-refractivity contribution in [3.63, 3.8) is 0 Å². The Bertz CT molecular complexity index is 372. The zero-order valence-corrected chi connectivity index (χ0v) is 9.66. The van der Waals surface area contributed by atoms with E-state index >= 15 is 0 Å². The number of hydrogen-bond donors (Lipinski definition) is 1. The van der Waals surface area contributed by atoms with Crippen LogP contribution >= 0.6 is 0 Å². The lowest BCUT2D eigenvalue weighted by Crippen LogP contribution is -2.13. The maximum absolute atomic E-state index is 10.9. The summed E-state index contributed by atoms with van der Waals surface area (Å²) < 4.78 is 12.6. The third-order valence-corrected chi connectivity index (χ3v) is 3.11. The normalized spacial score (nSPS) is 14.8. The Morgan fingerprint density at radius 1 is 1.67 bits per heavy atom. The Morgan fingerprint density at radius 2 is 2.33 bits per heavy atom. The van der Waals surface area contributed by atoms with E-state index in [1.807, 2.05) is 6.92 Å². The van der Waals surface area contributed by atoms with E-state index in [4.69, 9.17) is 5.11 Å². The van der Waals surface area contributed by atoms with Gasteiger partial charge >= 0.3 is 5.97 Å². The second kappa shape index (κ2) is 5.11. The first-order chi connectivity index (χ1) is 7.02. The van der Waals surface area contributed by atoms with Crippen LogP contribution in [0.1, 0.15) is 29.9 Å². The Hall–Kier alpha value is -1.10. The van der Waals surface area contributed by atoms with Crippen LogP contribution < -0.4 is 0 Å². The Labute approximate surface area is 91.4 Å². The highest BCUT2D eigenvalue weighted by Crippen LogP contribution is 2.15. The van der Waals surface area contributed by atoms with Crippen molar-refractivity contribution in [3.8, 4) is 0 Å². The van der Waals surface area contributed by atoms with Crippen LogP contribution in [-0.2, 0) is 10.8 Å². The van der Waals surface area contributed by atoms with E-state index in [0.29, 0.717) is 5.75 Å². The van der Waals surface area contributed by atoms with Crippen molar-refractivity contribution in [1.29, 1.82) is 0 Å². The van der Waals surface area contributed by atoms with Gasteiger partial charge in [-0.15, -0.1) is 0 Å². The van der Waals surface area contributed by atoms with Crippen LogP contribution in [0.25, 0.3) is 0 Å². The fourth-order valence-corrected chi connectivity index (χ4v) is 2.11. The monoisotopic (exact) mass is 229 g/mol. The molecule has 0 radical (unpaired) electrons. The molecule has 15 heavy (non-hydrogen) atoms. The van der Waals surface area contributed by atoms with E-state index in [2.05, 4.69) is 0 Å². The molecule has 0 fully saturated rings.